The Kier molecular flexibility index (Phi) is 4.52. The quantitative estimate of drug-likeness (QED) is 0.567. The fourth-order valence-corrected chi connectivity index (χ4v) is 5.23. The summed E-state index contributed by atoms with van der Waals surface area (Å²) in [7, 11) is 0. The first kappa shape index (κ1) is 19.2. The summed E-state index contributed by atoms with van der Waals surface area (Å²) in [6, 6.07) is 19.7. The summed E-state index contributed by atoms with van der Waals surface area (Å²) in [6.45, 7) is 0. The number of hydrogen-bond donors (Lipinski definition) is 1. The number of carbonyl (C=O) groups is 1. The number of amides is 1. The number of benzene rings is 2. The first-order valence-electron chi connectivity index (χ1n) is 11.3. The molecule has 162 valence electrons. The van der Waals surface area contributed by atoms with Crippen LogP contribution in [0.15, 0.2) is 76.5 Å². The minimum Gasteiger partial charge on any atom is -0.465 e. The Morgan fingerprint density at radius 3 is 2.56 bits per heavy atom. The second kappa shape index (κ2) is 7.55. The van der Waals surface area contributed by atoms with E-state index in [4.69, 9.17) is 9.25 Å². The van der Waals surface area contributed by atoms with Gasteiger partial charge in [0, 0.05) is 17.8 Å². The van der Waals surface area contributed by atoms with Gasteiger partial charge in [0.15, 0.2) is 6.10 Å². The normalized spacial score (nSPS) is 21.6. The van der Waals surface area contributed by atoms with Crippen LogP contribution in [-0.4, -0.2) is 17.3 Å². The van der Waals surface area contributed by atoms with Gasteiger partial charge < -0.3 is 14.6 Å². The van der Waals surface area contributed by atoms with Crippen molar-refractivity contribution in [2.75, 3.05) is 10.2 Å². The van der Waals surface area contributed by atoms with Crippen molar-refractivity contribution < 1.29 is 14.0 Å². The molecule has 1 atom stereocenters. The molecule has 3 aromatic rings. The molecule has 1 amide bonds. The van der Waals surface area contributed by atoms with Gasteiger partial charge >= 0.3 is 0 Å². The van der Waals surface area contributed by atoms with Crippen LogP contribution in [0.25, 0.3) is 0 Å². The maximum Gasteiger partial charge on any atom is 0.262 e. The Labute approximate surface area is 186 Å². The number of hydrogen-bond acceptors (Lipinski definition) is 5. The van der Waals surface area contributed by atoms with E-state index in [1.165, 1.54) is 6.42 Å². The van der Waals surface area contributed by atoms with Gasteiger partial charge in [0.25, 0.3) is 5.91 Å². The summed E-state index contributed by atoms with van der Waals surface area (Å²) >= 11 is 0. The predicted octanol–water partition coefficient (Wildman–Crippen LogP) is 5.88. The van der Waals surface area contributed by atoms with E-state index in [2.05, 4.69) is 10.5 Å². The molecule has 1 spiro atoms. The monoisotopic (exact) mass is 427 g/mol. The molecule has 1 N–H and O–H groups in total. The lowest BCUT2D eigenvalue weighted by molar-refractivity contribution is 0.0689. The summed E-state index contributed by atoms with van der Waals surface area (Å²) in [5.74, 6) is 0.844. The molecule has 3 aliphatic rings. The van der Waals surface area contributed by atoms with Gasteiger partial charge in [0.1, 0.15) is 11.4 Å². The molecule has 6 rings (SSSR count). The number of nitrogens with zero attached hydrogens (tertiary/aromatic N) is 2. The minimum atomic E-state index is -0.371. The molecule has 1 saturated carbocycles. The van der Waals surface area contributed by atoms with Gasteiger partial charge in [0.2, 0.25) is 0 Å². The summed E-state index contributed by atoms with van der Waals surface area (Å²) in [4.78, 5) is 21.2. The lowest BCUT2D eigenvalue weighted by Crippen LogP contribution is -2.61. The zero-order valence-electron chi connectivity index (χ0n) is 17.8. The zero-order valence-corrected chi connectivity index (χ0v) is 17.8. The largest absolute Gasteiger partial charge is 0.465 e. The fourth-order valence-electron chi connectivity index (χ4n) is 5.23. The Morgan fingerprint density at radius 2 is 1.78 bits per heavy atom. The number of anilines is 2. The first-order valence-corrected chi connectivity index (χ1v) is 11.3. The van der Waals surface area contributed by atoms with Crippen LogP contribution in [0.1, 0.15) is 66.3 Å². The minimum absolute atomic E-state index is 0.0634. The number of fused-ring (bicyclic) bond motifs is 1. The van der Waals surface area contributed by atoms with Gasteiger partial charge in [-0.1, -0.05) is 35.8 Å². The summed E-state index contributed by atoms with van der Waals surface area (Å²) in [5, 5.41) is 8.01. The molecule has 1 aromatic heterocycles. The van der Waals surface area contributed by atoms with Gasteiger partial charge in [0.05, 0.1) is 17.5 Å². The third kappa shape index (κ3) is 3.09. The average molecular weight is 428 g/mol. The molecule has 0 bridgehead atoms. The highest BCUT2D eigenvalue weighted by atomic mass is 16.6. The number of nitrogens with one attached hydrogen (secondary N) is 1. The smallest absolute Gasteiger partial charge is 0.262 e. The highest BCUT2D eigenvalue weighted by Crippen LogP contribution is 2.43. The second-order valence-electron chi connectivity index (χ2n) is 8.80. The van der Waals surface area contributed by atoms with Gasteiger partial charge in [-0.2, -0.15) is 0 Å². The second-order valence-corrected chi connectivity index (χ2v) is 8.80. The van der Waals surface area contributed by atoms with Gasteiger partial charge in [-0.05, 0) is 67.6 Å². The van der Waals surface area contributed by atoms with E-state index < -0.39 is 0 Å². The van der Waals surface area contributed by atoms with E-state index in [0.717, 1.165) is 59.7 Å². The predicted molar refractivity (Wildman–Crippen MR) is 123 cm³/mol. The van der Waals surface area contributed by atoms with Gasteiger partial charge in [-0.3, -0.25) is 9.69 Å². The molecule has 1 aliphatic carbocycles. The van der Waals surface area contributed by atoms with Crippen LogP contribution < -0.4 is 10.2 Å². The standard InChI is InChI=1S/C26H25N3O3/c30-25-20-7-2-3-8-21(20)27-26(14-4-1-5-15-26)29(25)19-12-10-18(11-13-19)22-17-24(32-28-22)23-9-6-16-31-23/h2-3,6-13,16,24,27H,1,4-5,14-15,17H2. The maximum atomic E-state index is 13.6. The van der Waals surface area contributed by atoms with Crippen LogP contribution in [0.3, 0.4) is 0 Å². The van der Waals surface area contributed by atoms with Crippen LogP contribution in [0, 0.1) is 0 Å². The Bertz CT molecular complexity index is 1160. The molecule has 0 radical (unpaired) electrons. The van der Waals surface area contributed by atoms with E-state index in [-0.39, 0.29) is 17.7 Å². The molecule has 32 heavy (non-hydrogen) atoms. The SMILES string of the molecule is O=C1c2ccccc2NC2(CCCCC2)N1c1ccc(C2=NOC(c3ccco3)C2)cc1. The number of para-hydroxylation sites is 1. The van der Waals surface area contributed by atoms with Crippen LogP contribution in [0.4, 0.5) is 11.4 Å². The third-order valence-corrected chi connectivity index (χ3v) is 6.82. The molecule has 2 aromatic carbocycles. The highest BCUT2D eigenvalue weighted by molar-refractivity contribution is 6.13. The van der Waals surface area contributed by atoms with Crippen molar-refractivity contribution in [2.24, 2.45) is 5.16 Å². The van der Waals surface area contributed by atoms with E-state index in [9.17, 15) is 4.79 Å². The van der Waals surface area contributed by atoms with Crippen molar-refractivity contribution in [3.8, 4) is 0 Å². The molecule has 6 heteroatoms. The molecule has 1 unspecified atom stereocenters. The molecular formula is C26H25N3O3. The number of rotatable bonds is 3. The van der Waals surface area contributed by atoms with Crippen LogP contribution >= 0.6 is 0 Å². The van der Waals surface area contributed by atoms with Crippen molar-refractivity contribution in [1.29, 1.82) is 0 Å². The lowest BCUT2D eigenvalue weighted by Gasteiger charge is -2.50. The van der Waals surface area contributed by atoms with Crippen molar-refractivity contribution in [1.82, 2.24) is 0 Å². The van der Waals surface area contributed by atoms with Crippen molar-refractivity contribution >= 4 is 23.0 Å². The summed E-state index contributed by atoms with van der Waals surface area (Å²) < 4.78 is 5.45. The first-order chi connectivity index (χ1) is 15.7. The zero-order chi connectivity index (χ0) is 21.5. The van der Waals surface area contributed by atoms with Crippen molar-refractivity contribution in [3.63, 3.8) is 0 Å². The lowest BCUT2D eigenvalue weighted by atomic mass is 9.84. The van der Waals surface area contributed by atoms with Crippen molar-refractivity contribution in [3.05, 3.63) is 83.8 Å². The molecular weight excluding hydrogens is 402 g/mol. The number of oxime groups is 1. The fraction of sp³-hybridized carbons (Fsp3) is 0.308. The van der Waals surface area contributed by atoms with Gasteiger partial charge in [-0.15, -0.1) is 0 Å². The number of carbonyl (C=O) groups excluding carboxylic acids is 1. The number of furan rings is 1. The van der Waals surface area contributed by atoms with Crippen LogP contribution in [0.5, 0.6) is 0 Å². The summed E-state index contributed by atoms with van der Waals surface area (Å²) in [5.41, 5.74) is 4.09. The highest BCUT2D eigenvalue weighted by Gasteiger charge is 2.46. The summed E-state index contributed by atoms with van der Waals surface area (Å²) in [6.07, 6.45) is 7.44. The Balaban J connectivity index is 1.30. The molecule has 3 heterocycles. The van der Waals surface area contributed by atoms with E-state index in [0.29, 0.717) is 6.42 Å². The average Bonchev–Trinajstić information content (AvgIpc) is 3.53. The van der Waals surface area contributed by atoms with Crippen molar-refractivity contribution in [2.45, 2.75) is 50.3 Å². The maximum absolute atomic E-state index is 13.6. The topological polar surface area (TPSA) is 67.1 Å². The Morgan fingerprint density at radius 1 is 0.969 bits per heavy atom. The Hall–Kier alpha value is -3.54. The molecule has 2 aliphatic heterocycles. The molecule has 6 nitrogen and oxygen atoms in total. The van der Waals surface area contributed by atoms with Crippen LogP contribution in [-0.2, 0) is 4.84 Å². The molecule has 0 saturated heterocycles. The van der Waals surface area contributed by atoms with E-state index in [1.807, 2.05) is 65.6 Å². The van der Waals surface area contributed by atoms with Gasteiger partial charge in [-0.25, -0.2) is 0 Å². The third-order valence-electron chi connectivity index (χ3n) is 6.82. The van der Waals surface area contributed by atoms with E-state index in [1.54, 1.807) is 6.26 Å². The van der Waals surface area contributed by atoms with E-state index >= 15 is 0 Å². The molecule has 1 fully saturated rings. The van der Waals surface area contributed by atoms with Crippen LogP contribution in [0.2, 0.25) is 0 Å².